The van der Waals surface area contributed by atoms with E-state index in [4.69, 9.17) is 0 Å². The third kappa shape index (κ3) is 5.21. The Hall–Kier alpha value is -1.04. The summed E-state index contributed by atoms with van der Waals surface area (Å²) in [6, 6.07) is 4.26. The average molecular weight is 311 g/mol. The maximum atomic E-state index is 12.0. The summed E-state index contributed by atoms with van der Waals surface area (Å²) in [5.41, 5.74) is 0.779. The van der Waals surface area contributed by atoms with Crippen LogP contribution in [0.25, 0.3) is 0 Å². The van der Waals surface area contributed by atoms with E-state index in [9.17, 15) is 18.0 Å². The van der Waals surface area contributed by atoms with Crippen LogP contribution >= 0.6 is 15.9 Å². The van der Waals surface area contributed by atoms with Gasteiger partial charge in [-0.25, -0.2) is 0 Å². The molecule has 0 fully saturated rings. The number of halogens is 4. The monoisotopic (exact) mass is 310 g/mol. The van der Waals surface area contributed by atoms with Gasteiger partial charge in [0.2, 0.25) is 0 Å². The molecule has 0 saturated carbocycles. The highest BCUT2D eigenvalue weighted by atomic mass is 79.9. The zero-order chi connectivity index (χ0) is 13.1. The number of benzene rings is 1. The van der Waals surface area contributed by atoms with Crippen LogP contribution in [0.4, 0.5) is 13.2 Å². The lowest BCUT2D eigenvalue weighted by molar-refractivity contribution is -0.274. The van der Waals surface area contributed by atoms with Crippen molar-refractivity contribution in [1.82, 2.24) is 0 Å². The maximum Gasteiger partial charge on any atom is 0.573 e. The minimum absolute atomic E-state index is 0.0386. The van der Waals surface area contributed by atoms with E-state index in [1.165, 1.54) is 25.1 Å². The van der Waals surface area contributed by atoms with Crippen molar-refractivity contribution in [3.05, 3.63) is 28.2 Å². The van der Waals surface area contributed by atoms with E-state index in [1.807, 2.05) is 0 Å². The number of carbonyl (C=O) groups excluding carboxylic acids is 1. The van der Waals surface area contributed by atoms with Crippen LogP contribution in [-0.2, 0) is 11.2 Å². The van der Waals surface area contributed by atoms with Gasteiger partial charge in [0.1, 0.15) is 11.5 Å². The molecule has 17 heavy (non-hydrogen) atoms. The zero-order valence-electron chi connectivity index (χ0n) is 8.97. The smallest absolute Gasteiger partial charge is 0.405 e. The average Bonchev–Trinajstić information content (AvgIpc) is 2.17. The van der Waals surface area contributed by atoms with Gasteiger partial charge >= 0.3 is 6.36 Å². The lowest BCUT2D eigenvalue weighted by Gasteiger charge is -2.11. The molecule has 0 aliphatic rings. The maximum absolute atomic E-state index is 12.0. The molecule has 0 aliphatic carbocycles. The van der Waals surface area contributed by atoms with E-state index in [-0.39, 0.29) is 16.0 Å². The molecule has 1 aromatic rings. The molecular weight excluding hydrogens is 301 g/mol. The predicted octanol–water partition coefficient (Wildman–Crippen LogP) is 3.87. The van der Waals surface area contributed by atoms with Crippen LogP contribution in [0.2, 0.25) is 0 Å². The Labute approximate surface area is 105 Å². The molecule has 0 saturated heterocycles. The summed E-state index contributed by atoms with van der Waals surface area (Å²) >= 11 is 3.00. The number of Topliss-reactive ketones (excluding diaryl/α,β-unsaturated/α-hetero) is 1. The highest BCUT2D eigenvalue weighted by Crippen LogP contribution is 2.31. The van der Waals surface area contributed by atoms with Gasteiger partial charge in [0, 0.05) is 6.42 Å². The predicted molar refractivity (Wildman–Crippen MR) is 59.8 cm³/mol. The van der Waals surface area contributed by atoms with E-state index in [0.29, 0.717) is 12.8 Å². The van der Waals surface area contributed by atoms with Crippen molar-refractivity contribution in [3.63, 3.8) is 0 Å². The van der Waals surface area contributed by atoms with Crippen LogP contribution in [-0.4, -0.2) is 12.1 Å². The summed E-state index contributed by atoms with van der Waals surface area (Å²) in [7, 11) is 0. The molecule has 1 aromatic carbocycles. The molecular formula is C11H10BrF3O2. The summed E-state index contributed by atoms with van der Waals surface area (Å²) in [6.07, 6.45) is -3.84. The van der Waals surface area contributed by atoms with E-state index in [2.05, 4.69) is 20.7 Å². The van der Waals surface area contributed by atoms with E-state index in [0.717, 1.165) is 5.56 Å². The Morgan fingerprint density at radius 2 is 2.06 bits per heavy atom. The molecule has 0 atom stereocenters. The third-order valence-electron chi connectivity index (χ3n) is 1.99. The Morgan fingerprint density at radius 3 is 2.53 bits per heavy atom. The number of carbonyl (C=O) groups is 1. The van der Waals surface area contributed by atoms with E-state index < -0.39 is 6.36 Å². The lowest BCUT2D eigenvalue weighted by Crippen LogP contribution is -2.17. The Morgan fingerprint density at radius 1 is 1.41 bits per heavy atom. The molecule has 1 rings (SSSR count). The van der Waals surface area contributed by atoms with Gasteiger partial charge in [-0.1, -0.05) is 6.07 Å². The lowest BCUT2D eigenvalue weighted by atomic mass is 10.1. The number of ketones is 1. The van der Waals surface area contributed by atoms with Gasteiger partial charge in [0.05, 0.1) is 4.47 Å². The summed E-state index contributed by atoms with van der Waals surface area (Å²) in [5.74, 6) is -0.249. The topological polar surface area (TPSA) is 26.3 Å². The fourth-order valence-corrected chi connectivity index (χ4v) is 1.73. The number of rotatable bonds is 4. The second-order valence-electron chi connectivity index (χ2n) is 3.51. The van der Waals surface area contributed by atoms with Gasteiger partial charge in [-0.05, 0) is 47.0 Å². The Balaban J connectivity index is 2.76. The Kier molecular flexibility index (Phi) is 4.56. The van der Waals surface area contributed by atoms with Crippen LogP contribution in [0.5, 0.6) is 5.75 Å². The summed E-state index contributed by atoms with van der Waals surface area (Å²) in [5, 5.41) is 0. The van der Waals surface area contributed by atoms with Crippen molar-refractivity contribution in [2.24, 2.45) is 0 Å². The molecule has 0 N–H and O–H groups in total. The fraction of sp³-hybridized carbons (Fsp3) is 0.364. The standard InChI is InChI=1S/C11H10BrF3O2/c1-7(16)2-3-8-4-5-10(9(12)6-8)17-11(13,14)15/h4-6H,2-3H2,1H3. The van der Waals surface area contributed by atoms with Crippen LogP contribution < -0.4 is 4.74 Å². The molecule has 6 heteroatoms. The van der Waals surface area contributed by atoms with Gasteiger partial charge in [0.15, 0.2) is 0 Å². The van der Waals surface area contributed by atoms with Crippen molar-refractivity contribution in [2.45, 2.75) is 26.1 Å². The number of alkyl halides is 3. The number of ether oxygens (including phenoxy) is 1. The van der Waals surface area contributed by atoms with Gasteiger partial charge in [-0.3, -0.25) is 0 Å². The second kappa shape index (κ2) is 5.53. The first-order valence-corrected chi connectivity index (χ1v) is 5.61. The first-order chi connectivity index (χ1) is 7.78. The highest BCUT2D eigenvalue weighted by Gasteiger charge is 2.31. The molecule has 94 valence electrons. The number of aryl methyl sites for hydroxylation is 1. The normalized spacial score (nSPS) is 11.4. The zero-order valence-corrected chi connectivity index (χ0v) is 10.6. The molecule has 0 aromatic heterocycles. The first-order valence-electron chi connectivity index (χ1n) is 4.81. The van der Waals surface area contributed by atoms with Crippen molar-refractivity contribution in [1.29, 1.82) is 0 Å². The van der Waals surface area contributed by atoms with Crippen molar-refractivity contribution in [3.8, 4) is 5.75 Å². The first kappa shape index (κ1) is 14.0. The molecule has 2 nitrogen and oxygen atoms in total. The van der Waals surface area contributed by atoms with Gasteiger partial charge in [0.25, 0.3) is 0 Å². The number of hydrogen-bond acceptors (Lipinski definition) is 2. The van der Waals surface area contributed by atoms with Gasteiger partial charge in [-0.2, -0.15) is 0 Å². The molecule has 0 aliphatic heterocycles. The van der Waals surface area contributed by atoms with E-state index in [1.54, 1.807) is 0 Å². The summed E-state index contributed by atoms with van der Waals surface area (Å²) in [4.78, 5) is 10.8. The molecule has 0 bridgehead atoms. The minimum Gasteiger partial charge on any atom is -0.405 e. The largest absolute Gasteiger partial charge is 0.573 e. The van der Waals surface area contributed by atoms with E-state index >= 15 is 0 Å². The fourth-order valence-electron chi connectivity index (χ4n) is 1.23. The highest BCUT2D eigenvalue weighted by molar-refractivity contribution is 9.10. The second-order valence-corrected chi connectivity index (χ2v) is 4.37. The van der Waals surface area contributed by atoms with Crippen LogP contribution in [0, 0.1) is 0 Å². The third-order valence-corrected chi connectivity index (χ3v) is 2.61. The summed E-state index contributed by atoms with van der Waals surface area (Å²) in [6.45, 7) is 1.47. The van der Waals surface area contributed by atoms with Gasteiger partial charge < -0.3 is 9.53 Å². The molecule has 0 spiro atoms. The molecule has 0 unspecified atom stereocenters. The molecule has 0 radical (unpaired) electrons. The van der Waals surface area contributed by atoms with Crippen molar-refractivity contribution < 1.29 is 22.7 Å². The van der Waals surface area contributed by atoms with Crippen molar-refractivity contribution in [2.75, 3.05) is 0 Å². The SMILES string of the molecule is CC(=O)CCc1ccc(OC(F)(F)F)c(Br)c1. The van der Waals surface area contributed by atoms with Crippen LogP contribution in [0.1, 0.15) is 18.9 Å². The quantitative estimate of drug-likeness (QED) is 0.844. The van der Waals surface area contributed by atoms with Crippen molar-refractivity contribution >= 4 is 21.7 Å². The van der Waals surface area contributed by atoms with Crippen LogP contribution in [0.15, 0.2) is 22.7 Å². The summed E-state index contributed by atoms with van der Waals surface area (Å²) < 4.78 is 40.0. The molecule has 0 heterocycles. The number of hydrogen-bond donors (Lipinski definition) is 0. The Bertz CT molecular complexity index is 416. The minimum atomic E-state index is -4.70. The van der Waals surface area contributed by atoms with Crippen LogP contribution in [0.3, 0.4) is 0 Å². The van der Waals surface area contributed by atoms with Gasteiger partial charge in [-0.15, -0.1) is 13.2 Å². The molecule has 0 amide bonds.